The molecule has 3 N–H and O–H groups in total. The molecule has 0 aromatic carbocycles. The zero-order valence-corrected chi connectivity index (χ0v) is 19.4. The van der Waals surface area contributed by atoms with Gasteiger partial charge >= 0.3 is 0 Å². The molecule has 8 heteroatoms. The third-order valence-corrected chi connectivity index (χ3v) is 6.48. The maximum absolute atomic E-state index is 11.2. The van der Waals surface area contributed by atoms with Crippen LogP contribution in [0.15, 0.2) is 4.99 Å². The van der Waals surface area contributed by atoms with Crippen molar-refractivity contribution in [3.05, 3.63) is 15.6 Å². The van der Waals surface area contributed by atoms with E-state index in [4.69, 9.17) is 10.7 Å². The Hall–Kier alpha value is -0.900. The van der Waals surface area contributed by atoms with Gasteiger partial charge in [0.1, 0.15) is 0 Å². The number of rotatable bonds is 6. The van der Waals surface area contributed by atoms with Gasteiger partial charge in [0.05, 0.1) is 10.7 Å². The number of nitrogens with two attached hydrogens (primary N) is 1. The number of carbonyl (C=O) groups is 1. The zero-order chi connectivity index (χ0) is 18.4. The van der Waals surface area contributed by atoms with E-state index in [1.54, 1.807) is 0 Å². The van der Waals surface area contributed by atoms with Crippen molar-refractivity contribution < 1.29 is 4.79 Å². The third-order valence-electron chi connectivity index (χ3n) is 5.26. The number of thiazole rings is 1. The summed E-state index contributed by atoms with van der Waals surface area (Å²) < 4.78 is 0. The van der Waals surface area contributed by atoms with Crippen molar-refractivity contribution in [2.24, 2.45) is 16.6 Å². The van der Waals surface area contributed by atoms with Gasteiger partial charge in [0.25, 0.3) is 0 Å². The van der Waals surface area contributed by atoms with Gasteiger partial charge in [-0.2, -0.15) is 0 Å². The van der Waals surface area contributed by atoms with Crippen LogP contribution in [0, 0.1) is 5.92 Å². The van der Waals surface area contributed by atoms with E-state index in [0.29, 0.717) is 12.3 Å². The molecule has 1 aliphatic carbocycles. The first-order chi connectivity index (χ1) is 12.7. The lowest BCUT2D eigenvalue weighted by molar-refractivity contribution is -0.119. The summed E-state index contributed by atoms with van der Waals surface area (Å²) in [6.07, 6.45) is 9.73. The molecule has 1 aliphatic heterocycles. The highest BCUT2D eigenvalue weighted by Gasteiger charge is 2.23. The maximum Gasteiger partial charge on any atom is 0.217 e. The molecule has 1 fully saturated rings. The van der Waals surface area contributed by atoms with Crippen LogP contribution in [-0.4, -0.2) is 48.4 Å². The standard InChI is InChI=1S/C19H31N5OS.HI/c1-21-19(24-11-5-6-14(13-24)12-17(20)25)22-10-4-9-18-23-15-7-2-3-8-16(15)26-18;/h14H,2-13H2,1H3,(H2,20,25)(H,21,22);1H. The molecular weight excluding hydrogens is 473 g/mol. The van der Waals surface area contributed by atoms with Crippen LogP contribution in [0.1, 0.15) is 54.1 Å². The van der Waals surface area contributed by atoms with Crippen LogP contribution < -0.4 is 11.1 Å². The van der Waals surface area contributed by atoms with Crippen molar-refractivity contribution in [3.8, 4) is 0 Å². The molecule has 0 spiro atoms. The molecule has 1 saturated heterocycles. The number of aliphatic imine (C=N–C) groups is 1. The number of likely N-dealkylation sites (tertiary alicyclic amines) is 1. The van der Waals surface area contributed by atoms with Crippen molar-refractivity contribution in [2.45, 2.75) is 57.8 Å². The molecule has 0 saturated carbocycles. The molecule has 0 radical (unpaired) electrons. The molecule has 1 aromatic rings. The van der Waals surface area contributed by atoms with Crippen molar-refractivity contribution in [2.75, 3.05) is 26.7 Å². The predicted molar refractivity (Wildman–Crippen MR) is 122 cm³/mol. The van der Waals surface area contributed by atoms with Gasteiger partial charge in [0.15, 0.2) is 5.96 Å². The van der Waals surface area contributed by atoms with E-state index in [-0.39, 0.29) is 29.9 Å². The van der Waals surface area contributed by atoms with E-state index < -0.39 is 0 Å². The number of hydrogen-bond donors (Lipinski definition) is 2. The number of amides is 1. The molecule has 1 aromatic heterocycles. The smallest absolute Gasteiger partial charge is 0.217 e. The fraction of sp³-hybridized carbons (Fsp3) is 0.737. The number of halogens is 1. The van der Waals surface area contributed by atoms with Gasteiger partial charge in [-0.15, -0.1) is 35.3 Å². The summed E-state index contributed by atoms with van der Waals surface area (Å²) in [4.78, 5) is 24.2. The predicted octanol–water partition coefficient (Wildman–Crippen LogP) is 2.74. The zero-order valence-electron chi connectivity index (χ0n) is 16.2. The SMILES string of the molecule is CN=C(NCCCc1nc2c(s1)CCCC2)N1CCCC(CC(N)=O)C1.I. The number of primary amides is 1. The third kappa shape index (κ3) is 6.58. The molecule has 6 nitrogen and oxygen atoms in total. The molecule has 27 heavy (non-hydrogen) atoms. The lowest BCUT2D eigenvalue weighted by Crippen LogP contribution is -2.47. The van der Waals surface area contributed by atoms with Gasteiger partial charge in [0, 0.05) is 44.4 Å². The maximum atomic E-state index is 11.2. The van der Waals surface area contributed by atoms with Gasteiger partial charge < -0.3 is 16.0 Å². The minimum Gasteiger partial charge on any atom is -0.370 e. The Morgan fingerprint density at radius 2 is 2.19 bits per heavy atom. The molecular formula is C19H32IN5OS. The van der Waals surface area contributed by atoms with Gasteiger partial charge in [-0.25, -0.2) is 4.98 Å². The van der Waals surface area contributed by atoms with E-state index in [0.717, 1.165) is 57.7 Å². The van der Waals surface area contributed by atoms with Crippen LogP contribution in [-0.2, 0) is 24.1 Å². The number of guanidine groups is 1. The van der Waals surface area contributed by atoms with Crippen molar-refractivity contribution in [3.63, 3.8) is 0 Å². The highest BCUT2D eigenvalue weighted by atomic mass is 127. The average Bonchev–Trinajstić information content (AvgIpc) is 3.04. The van der Waals surface area contributed by atoms with Gasteiger partial charge in [-0.05, 0) is 50.9 Å². The Morgan fingerprint density at radius 3 is 2.93 bits per heavy atom. The van der Waals surface area contributed by atoms with Crippen molar-refractivity contribution in [1.29, 1.82) is 0 Å². The van der Waals surface area contributed by atoms with E-state index in [1.807, 2.05) is 18.4 Å². The molecule has 3 rings (SSSR count). The van der Waals surface area contributed by atoms with E-state index >= 15 is 0 Å². The summed E-state index contributed by atoms with van der Waals surface area (Å²) in [7, 11) is 1.83. The van der Waals surface area contributed by atoms with Crippen molar-refractivity contribution >= 4 is 47.2 Å². The fourth-order valence-electron chi connectivity index (χ4n) is 3.99. The van der Waals surface area contributed by atoms with Crippen LogP contribution in [0.3, 0.4) is 0 Å². The van der Waals surface area contributed by atoms with E-state index in [1.165, 1.54) is 34.8 Å². The van der Waals surface area contributed by atoms with Gasteiger partial charge in [-0.1, -0.05) is 0 Å². The minimum atomic E-state index is -0.203. The molecule has 1 amide bonds. The number of carbonyl (C=O) groups excluding carboxylic acids is 1. The molecule has 2 heterocycles. The number of hydrogen-bond acceptors (Lipinski definition) is 4. The second-order valence-corrected chi connectivity index (χ2v) is 8.56. The number of nitrogens with zero attached hydrogens (tertiary/aromatic N) is 3. The molecule has 2 aliphatic rings. The number of fused-ring (bicyclic) bond motifs is 1. The number of nitrogens with one attached hydrogen (secondary N) is 1. The first-order valence-corrected chi connectivity index (χ1v) is 10.7. The summed E-state index contributed by atoms with van der Waals surface area (Å²) in [5, 5.41) is 4.77. The van der Waals surface area contributed by atoms with E-state index in [2.05, 4.69) is 15.2 Å². The Kier molecular flexibility index (Phi) is 9.28. The first-order valence-electron chi connectivity index (χ1n) is 9.87. The molecule has 152 valence electrons. The number of piperidine rings is 1. The largest absolute Gasteiger partial charge is 0.370 e. The van der Waals surface area contributed by atoms with Gasteiger partial charge in [-0.3, -0.25) is 9.79 Å². The Morgan fingerprint density at radius 1 is 1.37 bits per heavy atom. The fourth-order valence-corrected chi connectivity index (χ4v) is 5.19. The molecule has 1 unspecified atom stereocenters. The summed E-state index contributed by atoms with van der Waals surface area (Å²) in [6.45, 7) is 2.75. The quantitative estimate of drug-likeness (QED) is 0.270. The second-order valence-electron chi connectivity index (χ2n) is 7.39. The Labute approximate surface area is 183 Å². The average molecular weight is 505 g/mol. The van der Waals surface area contributed by atoms with Gasteiger partial charge in [0.2, 0.25) is 5.91 Å². The first kappa shape index (κ1) is 22.4. The molecule has 0 bridgehead atoms. The summed E-state index contributed by atoms with van der Waals surface area (Å²) in [6, 6.07) is 0. The normalized spacial score (nSPS) is 20.0. The van der Waals surface area contributed by atoms with Crippen LogP contribution in [0.25, 0.3) is 0 Å². The van der Waals surface area contributed by atoms with Crippen LogP contribution in [0.4, 0.5) is 0 Å². The lowest BCUT2D eigenvalue weighted by atomic mass is 9.95. The lowest BCUT2D eigenvalue weighted by Gasteiger charge is -2.34. The monoisotopic (exact) mass is 505 g/mol. The summed E-state index contributed by atoms with van der Waals surface area (Å²) >= 11 is 1.91. The van der Waals surface area contributed by atoms with E-state index in [9.17, 15) is 4.79 Å². The summed E-state index contributed by atoms with van der Waals surface area (Å²) in [5.74, 6) is 1.09. The van der Waals surface area contributed by atoms with Crippen LogP contribution >= 0.6 is 35.3 Å². The minimum absolute atomic E-state index is 0. The highest BCUT2D eigenvalue weighted by molar-refractivity contribution is 14.0. The Balaban J connectivity index is 0.00000261. The van der Waals surface area contributed by atoms with Crippen LogP contribution in [0.2, 0.25) is 0 Å². The second kappa shape index (κ2) is 11.2. The number of aromatic nitrogens is 1. The molecule has 1 atom stereocenters. The highest BCUT2D eigenvalue weighted by Crippen LogP contribution is 2.27. The number of aryl methyl sites for hydroxylation is 3. The van der Waals surface area contributed by atoms with Crippen LogP contribution in [0.5, 0.6) is 0 Å². The topological polar surface area (TPSA) is 83.6 Å². The Bertz CT molecular complexity index is 625. The van der Waals surface area contributed by atoms with Crippen molar-refractivity contribution in [1.82, 2.24) is 15.2 Å². The summed E-state index contributed by atoms with van der Waals surface area (Å²) in [5.41, 5.74) is 6.71.